The number of benzene rings is 3. The second-order valence-electron chi connectivity index (χ2n) is 21.7. The van der Waals surface area contributed by atoms with E-state index in [0.29, 0.717) is 131 Å². The van der Waals surface area contributed by atoms with E-state index >= 15 is 0 Å². The highest BCUT2D eigenvalue weighted by molar-refractivity contribution is 7.99. The summed E-state index contributed by atoms with van der Waals surface area (Å²) in [5.74, 6) is -2.35. The van der Waals surface area contributed by atoms with Gasteiger partial charge in [0.1, 0.15) is 29.8 Å². The number of piperidine rings is 1. The fourth-order valence-corrected chi connectivity index (χ4v) is 10.5. The number of Topliss-reactive ketones (excluding diaryl/α,β-unsaturated/α-hetero) is 2. The molecule has 6 rings (SSSR count). The van der Waals surface area contributed by atoms with E-state index in [1.807, 2.05) is 37.3 Å². The van der Waals surface area contributed by atoms with Crippen LogP contribution in [0.25, 0.3) is 11.2 Å². The quantitative estimate of drug-likeness (QED) is 0.0137. The van der Waals surface area contributed by atoms with Crippen LogP contribution in [0.5, 0.6) is 11.5 Å². The number of ketones is 2. The molecule has 3 atom stereocenters. The lowest BCUT2D eigenvalue weighted by atomic mass is 9.84. The number of aryl methyl sites for hydroxylation is 1. The highest BCUT2D eigenvalue weighted by Crippen LogP contribution is 2.33. The number of aromatic amines is 1. The molecular formula is C62H82FN9O14S. The van der Waals surface area contributed by atoms with Gasteiger partial charge in [-0.25, -0.2) is 14.2 Å². The van der Waals surface area contributed by atoms with Gasteiger partial charge in [-0.2, -0.15) is 4.98 Å². The number of halogens is 1. The van der Waals surface area contributed by atoms with Crippen molar-refractivity contribution in [2.45, 2.75) is 128 Å². The molecule has 1 fully saturated rings. The lowest BCUT2D eigenvalue weighted by Crippen LogP contribution is -2.53. The molecule has 2 unspecified atom stereocenters. The SMILES string of the molecule is CCC(C)(C)C(=O)C(=O)N1CCCCC1C(=O)OC(CCc1ccc(OC)c(OC)c1)c1cccc(CC(=O)CCC(=O)NCCCOCCOCCOCCCNC(=O)[C@H](CSc2nc3c(=O)[nH]c(N)nc3n2Cc2ccc(F)cc2)NC(C)=O)c1. The Hall–Kier alpha value is -7.74. The van der Waals surface area contributed by atoms with Gasteiger partial charge in [-0.15, -0.1) is 0 Å². The van der Waals surface area contributed by atoms with Crippen LogP contribution in [0.1, 0.15) is 114 Å². The summed E-state index contributed by atoms with van der Waals surface area (Å²) in [5.41, 5.74) is 7.63. The van der Waals surface area contributed by atoms with Gasteiger partial charge < -0.3 is 55.0 Å². The van der Waals surface area contributed by atoms with Crippen LogP contribution in [0, 0.1) is 11.2 Å². The number of amides is 4. The van der Waals surface area contributed by atoms with Gasteiger partial charge in [0.15, 0.2) is 27.8 Å². The Morgan fingerprint density at radius 3 is 2.18 bits per heavy atom. The molecular weight excluding hydrogens is 1150 g/mol. The molecule has 6 N–H and O–H groups in total. The molecule has 0 bridgehead atoms. The zero-order valence-corrected chi connectivity index (χ0v) is 51.3. The molecule has 1 aliphatic rings. The number of rotatable bonds is 37. The first-order valence-electron chi connectivity index (χ1n) is 29.4. The number of methoxy groups -OCH3 is 2. The van der Waals surface area contributed by atoms with Crippen LogP contribution in [0.3, 0.4) is 0 Å². The maximum absolute atomic E-state index is 14.1. The number of H-pyrrole nitrogens is 1. The van der Waals surface area contributed by atoms with Crippen molar-refractivity contribution >= 4 is 70.0 Å². The number of carbonyl (C=O) groups is 7. The van der Waals surface area contributed by atoms with Gasteiger partial charge >= 0.3 is 5.97 Å². The van der Waals surface area contributed by atoms with Crippen LogP contribution in [0.15, 0.2) is 76.7 Å². The van der Waals surface area contributed by atoms with Crippen LogP contribution >= 0.6 is 11.8 Å². The summed E-state index contributed by atoms with van der Waals surface area (Å²) in [5, 5.41) is 8.66. The largest absolute Gasteiger partial charge is 0.493 e. The molecule has 1 aliphatic heterocycles. The number of hydrogen-bond acceptors (Lipinski definition) is 18. The predicted octanol–water partition coefficient (Wildman–Crippen LogP) is 5.76. The van der Waals surface area contributed by atoms with Gasteiger partial charge in [0.05, 0.1) is 47.2 Å². The van der Waals surface area contributed by atoms with Crippen LogP contribution in [0.2, 0.25) is 0 Å². The highest BCUT2D eigenvalue weighted by Gasteiger charge is 2.41. The van der Waals surface area contributed by atoms with Crippen molar-refractivity contribution in [3.8, 4) is 11.5 Å². The number of imidazole rings is 1. The average molecular weight is 1230 g/mol. The van der Waals surface area contributed by atoms with Crippen molar-refractivity contribution in [3.05, 3.63) is 105 Å². The fourth-order valence-electron chi connectivity index (χ4n) is 9.48. The molecule has 0 aliphatic carbocycles. The van der Waals surface area contributed by atoms with E-state index in [1.165, 1.54) is 24.0 Å². The molecule has 0 saturated carbocycles. The normalized spacial score (nSPS) is 14.0. The third-order valence-electron chi connectivity index (χ3n) is 14.7. The molecule has 5 aromatic rings. The molecule has 3 heterocycles. The van der Waals surface area contributed by atoms with Crippen LogP contribution in [-0.4, -0.2) is 157 Å². The van der Waals surface area contributed by atoms with Crippen molar-refractivity contribution in [3.63, 3.8) is 0 Å². The summed E-state index contributed by atoms with van der Waals surface area (Å²) in [6, 6.07) is 16.8. The van der Waals surface area contributed by atoms with Crippen LogP contribution in [0.4, 0.5) is 10.3 Å². The Balaban J connectivity index is 0.846. The standard InChI is InChI=1S/C62H82FN9O14S/c1-7-62(3,4)54(76)58(79)71-28-9-8-15-48(71)59(80)86-49(23-18-41-19-24-50(81-5)51(37-41)82-6)44-14-10-13-43(35-44)36-46(74)22-25-52(75)65-26-11-29-83-31-33-85-34-32-84-30-12-27-66-56(77)47(67-40(2)73)39-87-61-68-53-55(69-60(64)70-57(53)78)72(61)38-42-16-20-45(63)21-17-42/h10,13-14,16-17,19-21,24,35,37,47-49H,7-9,11-12,15,18,22-23,25-34,36,38-39H2,1-6H3,(H,65,75)(H,66,77)(H,67,73)(H3,64,69,70,78)/t47-,48?,49?/m0/s1. The number of likely N-dealkylation sites (tertiary alicyclic amines) is 1. The summed E-state index contributed by atoms with van der Waals surface area (Å²) >= 11 is 1.14. The zero-order chi connectivity index (χ0) is 62.9. The maximum Gasteiger partial charge on any atom is 0.329 e. The minimum atomic E-state index is -0.940. The number of nitrogens with two attached hydrogens (primary N) is 1. The van der Waals surface area contributed by atoms with Gasteiger partial charge in [0.25, 0.3) is 11.5 Å². The minimum absolute atomic E-state index is 0.0123. The maximum atomic E-state index is 14.1. The number of nitrogen functional groups attached to an aromatic ring is 1. The van der Waals surface area contributed by atoms with E-state index in [9.17, 15) is 42.7 Å². The first-order chi connectivity index (χ1) is 41.8. The predicted molar refractivity (Wildman–Crippen MR) is 324 cm³/mol. The molecule has 23 nitrogen and oxygen atoms in total. The Labute approximate surface area is 510 Å². The number of esters is 1. The number of anilines is 1. The summed E-state index contributed by atoms with van der Waals surface area (Å²) in [4.78, 5) is 117. The number of fused-ring (bicyclic) bond motifs is 1. The summed E-state index contributed by atoms with van der Waals surface area (Å²) in [7, 11) is 3.11. The number of thioether (sulfide) groups is 1. The first kappa shape index (κ1) is 68.4. The van der Waals surface area contributed by atoms with Crippen LogP contribution < -0.4 is 36.7 Å². The second kappa shape index (κ2) is 34.6. The van der Waals surface area contributed by atoms with Gasteiger partial charge in [-0.3, -0.25) is 43.1 Å². The highest BCUT2D eigenvalue weighted by atomic mass is 32.2. The van der Waals surface area contributed by atoms with Crippen LogP contribution in [-0.2, 0) is 71.9 Å². The number of nitrogens with zero attached hydrogens (tertiary/aromatic N) is 4. The smallest absolute Gasteiger partial charge is 0.329 e. The molecule has 0 radical (unpaired) electrons. The molecule has 472 valence electrons. The first-order valence-corrected chi connectivity index (χ1v) is 30.3. The van der Waals surface area contributed by atoms with E-state index in [4.69, 9.17) is 34.2 Å². The molecule has 1 saturated heterocycles. The molecule has 25 heteroatoms. The van der Waals surface area contributed by atoms with Gasteiger partial charge in [-0.05, 0) is 97.9 Å². The molecule has 2 aromatic heterocycles. The molecule has 4 amide bonds. The third kappa shape index (κ3) is 21.3. The third-order valence-corrected chi connectivity index (χ3v) is 15.8. The van der Waals surface area contributed by atoms with Crippen molar-refractivity contribution in [1.29, 1.82) is 0 Å². The van der Waals surface area contributed by atoms with E-state index in [1.54, 1.807) is 56.9 Å². The van der Waals surface area contributed by atoms with Crippen molar-refractivity contribution in [2.75, 3.05) is 85.0 Å². The fraction of sp³-hybridized carbons (Fsp3) is 0.516. The van der Waals surface area contributed by atoms with E-state index in [-0.39, 0.29) is 73.5 Å². The summed E-state index contributed by atoms with van der Waals surface area (Å²) in [6.45, 7) is 9.73. The monoisotopic (exact) mass is 1230 g/mol. The lowest BCUT2D eigenvalue weighted by Gasteiger charge is -2.36. The van der Waals surface area contributed by atoms with E-state index in [0.717, 1.165) is 17.3 Å². The topological polar surface area (TPSA) is 304 Å². The van der Waals surface area contributed by atoms with E-state index < -0.39 is 64.5 Å². The van der Waals surface area contributed by atoms with Gasteiger partial charge in [0, 0.05) is 70.2 Å². The number of aromatic nitrogens is 4. The molecule has 87 heavy (non-hydrogen) atoms. The molecule has 3 aromatic carbocycles. The minimum Gasteiger partial charge on any atom is -0.493 e. The Morgan fingerprint density at radius 1 is 0.828 bits per heavy atom. The number of hydrogen-bond donors (Lipinski definition) is 5. The van der Waals surface area contributed by atoms with Gasteiger partial charge in [-0.1, -0.05) is 75.0 Å². The summed E-state index contributed by atoms with van der Waals surface area (Å²) < 4.78 is 49.3. The van der Waals surface area contributed by atoms with Gasteiger partial charge in [0.2, 0.25) is 29.5 Å². The number of carbonyl (C=O) groups excluding carboxylic acids is 7. The van der Waals surface area contributed by atoms with E-state index in [2.05, 4.69) is 30.9 Å². The Morgan fingerprint density at radius 2 is 1.51 bits per heavy atom. The Kier molecular flexibility index (Phi) is 27.2. The van der Waals surface area contributed by atoms with Crippen molar-refractivity contribution < 1.29 is 66.4 Å². The summed E-state index contributed by atoms with van der Waals surface area (Å²) in [6.07, 6.45) is 3.42. The van der Waals surface area contributed by atoms with Crippen molar-refractivity contribution in [1.82, 2.24) is 40.4 Å². The van der Waals surface area contributed by atoms with Crippen molar-refractivity contribution in [2.24, 2.45) is 5.41 Å². The zero-order valence-electron chi connectivity index (χ0n) is 50.5. The lowest BCUT2D eigenvalue weighted by molar-refractivity contribution is -0.164. The molecule has 0 spiro atoms. The Bertz CT molecular complexity index is 3190. The second-order valence-corrected chi connectivity index (χ2v) is 22.7. The average Bonchev–Trinajstić information content (AvgIpc) is 2.96. The number of ether oxygens (including phenoxy) is 6. The number of nitrogens with one attached hydrogen (secondary N) is 4.